The molecule has 0 aliphatic heterocycles. The van der Waals surface area contributed by atoms with E-state index in [1.165, 1.54) is 0 Å². The first-order valence-corrected chi connectivity index (χ1v) is 5.03. The lowest BCUT2D eigenvalue weighted by Crippen LogP contribution is -2.13. The van der Waals surface area contributed by atoms with Crippen LogP contribution in [0.4, 0.5) is 5.95 Å². The summed E-state index contributed by atoms with van der Waals surface area (Å²) in [6.45, 7) is 6.30. The maximum Gasteiger partial charge on any atom is 0.223 e. The minimum atomic E-state index is 0.167. The molecule has 0 saturated heterocycles. The second-order valence-corrected chi connectivity index (χ2v) is 4.59. The number of rotatable bonds is 2. The third kappa shape index (κ3) is 1.56. The Kier molecular flexibility index (Phi) is 1.94. The molecule has 1 saturated carbocycles. The first kappa shape index (κ1) is 9.37. The fourth-order valence-corrected chi connectivity index (χ4v) is 1.35. The van der Waals surface area contributed by atoms with E-state index in [0.29, 0.717) is 11.9 Å². The molecule has 0 amide bonds. The second-order valence-electron chi connectivity index (χ2n) is 4.59. The molecule has 76 valence electrons. The molecule has 0 atom stereocenters. The average Bonchev–Trinajstić information content (AvgIpc) is 2.84. The predicted octanol–water partition coefficient (Wildman–Crippen LogP) is 1.63. The standard InChI is InChI=1S/C10H16N4/c1-6(2)7-12-8(10(3)4-5-10)14-9(11)13-7/h6H,4-5H2,1-3H3,(H2,11,12,13,14). The van der Waals surface area contributed by atoms with Crippen LogP contribution >= 0.6 is 0 Å². The Bertz CT molecular complexity index is 355. The Morgan fingerprint density at radius 2 is 1.86 bits per heavy atom. The van der Waals surface area contributed by atoms with Crippen LogP contribution in [-0.4, -0.2) is 15.0 Å². The molecule has 2 N–H and O–H groups in total. The molecule has 4 nitrogen and oxygen atoms in total. The molecule has 1 heterocycles. The van der Waals surface area contributed by atoms with Gasteiger partial charge in [-0.1, -0.05) is 20.8 Å². The highest BCUT2D eigenvalue weighted by atomic mass is 15.1. The van der Waals surface area contributed by atoms with E-state index in [4.69, 9.17) is 5.73 Å². The molecule has 14 heavy (non-hydrogen) atoms. The summed E-state index contributed by atoms with van der Waals surface area (Å²) in [6, 6.07) is 0. The summed E-state index contributed by atoms with van der Waals surface area (Å²) in [4.78, 5) is 12.8. The number of aromatic nitrogens is 3. The number of hydrogen-bond acceptors (Lipinski definition) is 4. The van der Waals surface area contributed by atoms with Crippen LogP contribution in [0.1, 0.15) is 51.2 Å². The van der Waals surface area contributed by atoms with Crippen molar-refractivity contribution in [1.29, 1.82) is 0 Å². The number of nitrogens with zero attached hydrogens (tertiary/aromatic N) is 3. The SMILES string of the molecule is CC(C)c1nc(N)nc(C2(C)CC2)n1. The number of nitrogens with two attached hydrogens (primary N) is 1. The van der Waals surface area contributed by atoms with E-state index in [1.807, 2.05) is 0 Å². The lowest BCUT2D eigenvalue weighted by Gasteiger charge is -2.10. The Hall–Kier alpha value is -1.19. The molecule has 1 fully saturated rings. The summed E-state index contributed by atoms with van der Waals surface area (Å²) in [7, 11) is 0. The molecule has 1 aromatic heterocycles. The lowest BCUT2D eigenvalue weighted by molar-refractivity contribution is 0.663. The van der Waals surface area contributed by atoms with Crippen LogP contribution in [0.2, 0.25) is 0 Å². The highest BCUT2D eigenvalue weighted by Crippen LogP contribution is 2.46. The largest absolute Gasteiger partial charge is 0.368 e. The van der Waals surface area contributed by atoms with E-state index in [0.717, 1.165) is 24.5 Å². The fourth-order valence-electron chi connectivity index (χ4n) is 1.35. The number of nitrogen functional groups attached to an aromatic ring is 1. The van der Waals surface area contributed by atoms with Crippen molar-refractivity contribution in [3.8, 4) is 0 Å². The molecular formula is C10H16N4. The van der Waals surface area contributed by atoms with Gasteiger partial charge in [0.05, 0.1) is 0 Å². The summed E-state index contributed by atoms with van der Waals surface area (Å²) >= 11 is 0. The Morgan fingerprint density at radius 3 is 2.36 bits per heavy atom. The van der Waals surface area contributed by atoms with Gasteiger partial charge in [-0.2, -0.15) is 9.97 Å². The topological polar surface area (TPSA) is 64.7 Å². The molecule has 0 aromatic carbocycles. The Labute approximate surface area is 84.0 Å². The van der Waals surface area contributed by atoms with Gasteiger partial charge < -0.3 is 5.73 Å². The van der Waals surface area contributed by atoms with E-state index in [1.54, 1.807) is 0 Å². The normalized spacial score (nSPS) is 18.6. The van der Waals surface area contributed by atoms with E-state index in [9.17, 15) is 0 Å². The van der Waals surface area contributed by atoms with Gasteiger partial charge in [-0.25, -0.2) is 4.98 Å². The molecule has 4 heteroatoms. The smallest absolute Gasteiger partial charge is 0.223 e. The van der Waals surface area contributed by atoms with Gasteiger partial charge in [0, 0.05) is 11.3 Å². The van der Waals surface area contributed by atoms with Crippen molar-refractivity contribution in [2.24, 2.45) is 0 Å². The van der Waals surface area contributed by atoms with Crippen LogP contribution in [0.5, 0.6) is 0 Å². The van der Waals surface area contributed by atoms with Crippen molar-refractivity contribution in [2.75, 3.05) is 5.73 Å². The van der Waals surface area contributed by atoms with Gasteiger partial charge in [0.1, 0.15) is 11.6 Å². The number of anilines is 1. The van der Waals surface area contributed by atoms with Gasteiger partial charge in [-0.3, -0.25) is 0 Å². The van der Waals surface area contributed by atoms with Crippen LogP contribution in [0.25, 0.3) is 0 Å². The Morgan fingerprint density at radius 1 is 1.21 bits per heavy atom. The van der Waals surface area contributed by atoms with Crippen LogP contribution in [-0.2, 0) is 5.41 Å². The van der Waals surface area contributed by atoms with Crippen LogP contribution in [0.15, 0.2) is 0 Å². The van der Waals surface area contributed by atoms with Gasteiger partial charge in [0.15, 0.2) is 0 Å². The predicted molar refractivity (Wildman–Crippen MR) is 54.9 cm³/mol. The molecule has 1 aliphatic rings. The highest BCUT2D eigenvalue weighted by Gasteiger charge is 2.42. The lowest BCUT2D eigenvalue weighted by atomic mass is 10.1. The highest BCUT2D eigenvalue weighted by molar-refractivity contribution is 5.24. The zero-order valence-electron chi connectivity index (χ0n) is 8.91. The molecule has 2 rings (SSSR count). The summed E-state index contributed by atoms with van der Waals surface area (Å²) in [5.74, 6) is 2.34. The van der Waals surface area contributed by atoms with E-state index < -0.39 is 0 Å². The maximum atomic E-state index is 5.66. The van der Waals surface area contributed by atoms with Crippen molar-refractivity contribution in [1.82, 2.24) is 15.0 Å². The third-order valence-electron chi connectivity index (χ3n) is 2.73. The quantitative estimate of drug-likeness (QED) is 0.773. The first-order chi connectivity index (χ1) is 6.51. The van der Waals surface area contributed by atoms with Gasteiger partial charge in [0.2, 0.25) is 5.95 Å². The molecule has 0 radical (unpaired) electrons. The first-order valence-electron chi connectivity index (χ1n) is 5.03. The average molecular weight is 192 g/mol. The van der Waals surface area contributed by atoms with Crippen molar-refractivity contribution < 1.29 is 0 Å². The summed E-state index contributed by atoms with van der Waals surface area (Å²) in [5.41, 5.74) is 5.83. The molecule has 0 unspecified atom stereocenters. The Balaban J connectivity index is 2.42. The van der Waals surface area contributed by atoms with Crippen LogP contribution in [0.3, 0.4) is 0 Å². The summed E-state index contributed by atoms with van der Waals surface area (Å²) < 4.78 is 0. The summed E-state index contributed by atoms with van der Waals surface area (Å²) in [6.07, 6.45) is 2.32. The third-order valence-corrected chi connectivity index (χ3v) is 2.73. The van der Waals surface area contributed by atoms with Crippen molar-refractivity contribution in [3.63, 3.8) is 0 Å². The minimum Gasteiger partial charge on any atom is -0.368 e. The minimum absolute atomic E-state index is 0.167. The molecular weight excluding hydrogens is 176 g/mol. The van der Waals surface area contributed by atoms with Crippen LogP contribution in [0, 0.1) is 0 Å². The van der Waals surface area contributed by atoms with Gasteiger partial charge >= 0.3 is 0 Å². The molecule has 0 spiro atoms. The van der Waals surface area contributed by atoms with Crippen molar-refractivity contribution >= 4 is 5.95 Å². The van der Waals surface area contributed by atoms with Gasteiger partial charge in [-0.05, 0) is 12.8 Å². The van der Waals surface area contributed by atoms with Gasteiger partial charge in [-0.15, -0.1) is 0 Å². The van der Waals surface area contributed by atoms with Crippen molar-refractivity contribution in [2.45, 2.75) is 44.9 Å². The second kappa shape index (κ2) is 2.90. The summed E-state index contributed by atoms with van der Waals surface area (Å²) in [5, 5.41) is 0. The van der Waals surface area contributed by atoms with Crippen molar-refractivity contribution in [3.05, 3.63) is 11.6 Å². The monoisotopic (exact) mass is 192 g/mol. The van der Waals surface area contributed by atoms with E-state index >= 15 is 0 Å². The molecule has 1 aromatic rings. The fraction of sp³-hybridized carbons (Fsp3) is 0.700. The van der Waals surface area contributed by atoms with E-state index in [2.05, 4.69) is 35.7 Å². The zero-order chi connectivity index (χ0) is 10.3. The molecule has 0 bridgehead atoms. The maximum absolute atomic E-state index is 5.66. The van der Waals surface area contributed by atoms with E-state index in [-0.39, 0.29) is 5.41 Å². The zero-order valence-corrected chi connectivity index (χ0v) is 8.91. The van der Waals surface area contributed by atoms with Crippen LogP contribution < -0.4 is 5.73 Å². The molecule has 1 aliphatic carbocycles. The van der Waals surface area contributed by atoms with Gasteiger partial charge in [0.25, 0.3) is 0 Å². The number of hydrogen-bond donors (Lipinski definition) is 1.